The van der Waals surface area contributed by atoms with Crippen molar-refractivity contribution in [1.82, 2.24) is 14.3 Å². The second-order valence-corrected chi connectivity index (χ2v) is 9.49. The largest absolute Gasteiger partial charge is 0.482 e. The predicted molar refractivity (Wildman–Crippen MR) is 141 cm³/mol. The lowest BCUT2D eigenvalue weighted by atomic mass is 10.1. The van der Waals surface area contributed by atoms with Crippen molar-refractivity contribution in [2.24, 2.45) is 7.05 Å². The Morgan fingerprint density at radius 3 is 2.46 bits per heavy atom. The second kappa shape index (κ2) is 11.9. The van der Waals surface area contributed by atoms with Crippen LogP contribution in [0.1, 0.15) is 34.7 Å². The molecule has 0 radical (unpaired) electrons. The van der Waals surface area contributed by atoms with Gasteiger partial charge in [-0.1, -0.05) is 42.5 Å². The van der Waals surface area contributed by atoms with Gasteiger partial charge in [0.25, 0.3) is 0 Å². The van der Waals surface area contributed by atoms with Gasteiger partial charge < -0.3 is 9.47 Å². The molecular formula is C28H28FN3O4S. The van der Waals surface area contributed by atoms with Gasteiger partial charge in [-0.25, -0.2) is 14.0 Å². The summed E-state index contributed by atoms with van der Waals surface area (Å²) in [7, 11) is 1.70. The summed E-state index contributed by atoms with van der Waals surface area (Å²) in [4.78, 5) is 25.7. The summed E-state index contributed by atoms with van der Waals surface area (Å²) in [5, 5.41) is 4.42. The van der Waals surface area contributed by atoms with Crippen molar-refractivity contribution in [2.45, 2.75) is 30.7 Å². The van der Waals surface area contributed by atoms with Crippen LogP contribution in [0.15, 0.2) is 82.5 Å². The Morgan fingerprint density at radius 2 is 1.81 bits per heavy atom. The summed E-state index contributed by atoms with van der Waals surface area (Å²) >= 11 is 1.57. The van der Waals surface area contributed by atoms with E-state index in [0.29, 0.717) is 29.4 Å². The van der Waals surface area contributed by atoms with E-state index >= 15 is 0 Å². The minimum Gasteiger partial charge on any atom is -0.482 e. The van der Waals surface area contributed by atoms with E-state index in [1.807, 2.05) is 49.4 Å². The predicted octanol–water partition coefficient (Wildman–Crippen LogP) is 5.17. The molecule has 0 spiro atoms. The summed E-state index contributed by atoms with van der Waals surface area (Å²) in [6.07, 6.45) is 0. The molecule has 9 heteroatoms. The van der Waals surface area contributed by atoms with Gasteiger partial charge in [0.2, 0.25) is 0 Å². The molecule has 0 bridgehead atoms. The first-order valence-electron chi connectivity index (χ1n) is 11.8. The Hall–Kier alpha value is -3.85. The van der Waals surface area contributed by atoms with Gasteiger partial charge in [0.15, 0.2) is 12.4 Å². The number of esters is 1. The maximum absolute atomic E-state index is 13.1. The molecule has 0 N–H and O–H groups in total. The highest BCUT2D eigenvalue weighted by Gasteiger charge is 2.25. The highest BCUT2D eigenvalue weighted by Crippen LogP contribution is 2.41. The first-order chi connectivity index (χ1) is 17.9. The van der Waals surface area contributed by atoms with Gasteiger partial charge in [-0.15, -0.1) is 16.9 Å². The topological polar surface area (TPSA) is 75.3 Å². The molecule has 0 saturated heterocycles. The molecule has 1 unspecified atom stereocenters. The third-order valence-electron chi connectivity index (χ3n) is 5.74. The van der Waals surface area contributed by atoms with Gasteiger partial charge in [-0.2, -0.15) is 4.68 Å². The standard InChI is InChI=1S/C28H28FN3O4S/c1-4-35-25(33)18-36-23-14-15-24(19(2)16-23)37-26(21-8-6-5-7-9-21)27-30-32(28(34)31(27)3)22-12-10-20(17-29)11-13-22/h5-16,26H,4,17-18H2,1-3H3. The van der Waals surface area contributed by atoms with E-state index in [9.17, 15) is 14.0 Å². The molecule has 4 aromatic rings. The molecule has 0 aliphatic rings. The van der Waals surface area contributed by atoms with Crippen LogP contribution in [0.5, 0.6) is 5.75 Å². The van der Waals surface area contributed by atoms with Gasteiger partial charge in [0.1, 0.15) is 12.4 Å². The smallest absolute Gasteiger partial charge is 0.350 e. The van der Waals surface area contributed by atoms with Crippen LogP contribution in [-0.2, 0) is 23.3 Å². The summed E-state index contributed by atoms with van der Waals surface area (Å²) in [5.41, 5.74) is 2.76. The number of rotatable bonds is 10. The van der Waals surface area contributed by atoms with Crippen molar-refractivity contribution >= 4 is 17.7 Å². The van der Waals surface area contributed by atoms with E-state index in [0.717, 1.165) is 16.0 Å². The SMILES string of the molecule is CCOC(=O)COc1ccc(SC(c2ccccc2)c2nn(-c3ccc(CF)cc3)c(=O)n2C)c(C)c1. The Balaban J connectivity index is 1.66. The molecular weight excluding hydrogens is 493 g/mol. The van der Waals surface area contributed by atoms with Crippen molar-refractivity contribution in [3.8, 4) is 11.4 Å². The lowest BCUT2D eigenvalue weighted by Gasteiger charge is -2.18. The third-order valence-corrected chi connectivity index (χ3v) is 7.17. The van der Waals surface area contributed by atoms with E-state index < -0.39 is 12.6 Å². The molecule has 7 nitrogen and oxygen atoms in total. The Bertz CT molecular complexity index is 1420. The van der Waals surface area contributed by atoms with E-state index in [2.05, 4.69) is 0 Å². The van der Waals surface area contributed by atoms with Gasteiger partial charge in [-0.3, -0.25) is 4.57 Å². The first-order valence-corrected chi connectivity index (χ1v) is 12.7. The fourth-order valence-electron chi connectivity index (χ4n) is 3.79. The fraction of sp³-hybridized carbons (Fsp3) is 0.250. The third kappa shape index (κ3) is 6.11. The molecule has 1 aromatic heterocycles. The normalized spacial score (nSPS) is 11.8. The molecule has 1 heterocycles. The van der Waals surface area contributed by atoms with Crippen LogP contribution in [0.3, 0.4) is 0 Å². The quantitative estimate of drug-likeness (QED) is 0.212. The van der Waals surface area contributed by atoms with Crippen LogP contribution in [-0.4, -0.2) is 33.5 Å². The molecule has 4 rings (SSSR count). The summed E-state index contributed by atoms with van der Waals surface area (Å²) < 4.78 is 26.3. The van der Waals surface area contributed by atoms with Crippen molar-refractivity contribution < 1.29 is 18.7 Å². The monoisotopic (exact) mass is 521 g/mol. The molecule has 192 valence electrons. The van der Waals surface area contributed by atoms with Crippen LogP contribution in [0.25, 0.3) is 5.69 Å². The zero-order valence-corrected chi connectivity index (χ0v) is 21.7. The molecule has 1 atom stereocenters. The number of carbonyl (C=O) groups is 1. The molecule has 0 aliphatic heterocycles. The van der Waals surface area contributed by atoms with Crippen LogP contribution in [0.4, 0.5) is 4.39 Å². The van der Waals surface area contributed by atoms with Crippen molar-refractivity contribution in [1.29, 1.82) is 0 Å². The van der Waals surface area contributed by atoms with E-state index in [4.69, 9.17) is 14.6 Å². The van der Waals surface area contributed by atoms with Crippen molar-refractivity contribution in [3.63, 3.8) is 0 Å². The average molecular weight is 522 g/mol. The van der Waals surface area contributed by atoms with E-state index in [-0.39, 0.29) is 17.5 Å². The first kappa shape index (κ1) is 26.2. The molecule has 0 fully saturated rings. The second-order valence-electron chi connectivity index (χ2n) is 8.34. The molecule has 0 aliphatic carbocycles. The molecule has 0 amide bonds. The van der Waals surface area contributed by atoms with Gasteiger partial charge >= 0.3 is 11.7 Å². The number of hydrogen-bond acceptors (Lipinski definition) is 6. The number of nitrogens with zero attached hydrogens (tertiary/aromatic N) is 3. The Morgan fingerprint density at radius 1 is 1.08 bits per heavy atom. The number of aromatic nitrogens is 3. The number of hydrogen-bond donors (Lipinski definition) is 0. The Labute approximate surface area is 218 Å². The zero-order chi connectivity index (χ0) is 26.4. The number of halogens is 1. The zero-order valence-electron chi connectivity index (χ0n) is 20.9. The maximum atomic E-state index is 13.1. The highest BCUT2D eigenvalue weighted by molar-refractivity contribution is 7.99. The maximum Gasteiger partial charge on any atom is 0.350 e. The lowest BCUT2D eigenvalue weighted by Crippen LogP contribution is -2.22. The van der Waals surface area contributed by atoms with E-state index in [1.165, 1.54) is 4.68 Å². The van der Waals surface area contributed by atoms with Crippen LogP contribution < -0.4 is 10.4 Å². The van der Waals surface area contributed by atoms with Crippen molar-refractivity contribution in [2.75, 3.05) is 13.2 Å². The number of ether oxygens (including phenoxy) is 2. The van der Waals surface area contributed by atoms with Crippen LogP contribution >= 0.6 is 11.8 Å². The van der Waals surface area contributed by atoms with Gasteiger partial charge in [-0.05, 0) is 60.9 Å². The number of benzene rings is 3. The minimum atomic E-state index is -0.568. The van der Waals surface area contributed by atoms with Crippen LogP contribution in [0, 0.1) is 6.92 Å². The number of thioether (sulfide) groups is 1. The molecule has 3 aromatic carbocycles. The van der Waals surface area contributed by atoms with E-state index in [1.54, 1.807) is 60.6 Å². The number of alkyl halides is 1. The summed E-state index contributed by atoms with van der Waals surface area (Å²) in [6.45, 7) is 3.29. The number of aryl methyl sites for hydroxylation is 1. The van der Waals surface area contributed by atoms with Crippen LogP contribution in [0.2, 0.25) is 0 Å². The Kier molecular flexibility index (Phi) is 8.45. The van der Waals surface area contributed by atoms with Gasteiger partial charge in [0.05, 0.1) is 17.5 Å². The number of carbonyl (C=O) groups excluding carboxylic acids is 1. The minimum absolute atomic E-state index is 0.154. The highest BCUT2D eigenvalue weighted by atomic mass is 32.2. The van der Waals surface area contributed by atoms with Crippen molar-refractivity contribution in [3.05, 3.63) is 106 Å². The average Bonchev–Trinajstić information content (AvgIpc) is 3.21. The van der Waals surface area contributed by atoms with Gasteiger partial charge in [0, 0.05) is 11.9 Å². The summed E-state index contributed by atoms with van der Waals surface area (Å²) in [5.74, 6) is 0.732. The molecule has 0 saturated carbocycles. The lowest BCUT2D eigenvalue weighted by molar-refractivity contribution is -0.145. The summed E-state index contributed by atoms with van der Waals surface area (Å²) in [6, 6.07) is 22.1. The molecule has 37 heavy (non-hydrogen) atoms. The fourth-order valence-corrected chi connectivity index (χ4v) is 5.04.